The van der Waals surface area contributed by atoms with Gasteiger partial charge in [0, 0.05) is 26.4 Å². The van der Waals surface area contributed by atoms with Gasteiger partial charge in [-0.15, -0.1) is 0 Å². The van der Waals surface area contributed by atoms with Crippen molar-refractivity contribution < 1.29 is 4.79 Å². The predicted octanol–water partition coefficient (Wildman–Crippen LogP) is 1.99. The van der Waals surface area contributed by atoms with Gasteiger partial charge >= 0.3 is 0 Å². The number of nitrogens with one attached hydrogen (secondary N) is 1. The van der Waals surface area contributed by atoms with E-state index in [0.717, 1.165) is 0 Å². The normalized spacial score (nSPS) is 8.93. The Bertz CT molecular complexity index is 375. The molecule has 1 aromatic carbocycles. The van der Waals surface area contributed by atoms with Crippen molar-refractivity contribution in [2.24, 2.45) is 0 Å². The molecule has 0 atom stereocenters. The van der Waals surface area contributed by atoms with Crippen LogP contribution < -0.4 is 5.32 Å². The van der Waals surface area contributed by atoms with Crippen LogP contribution in [0.3, 0.4) is 0 Å². The van der Waals surface area contributed by atoms with Crippen molar-refractivity contribution >= 4 is 16.7 Å². The second kappa shape index (κ2) is 5.75. The van der Waals surface area contributed by atoms with Crippen molar-refractivity contribution in [3.05, 3.63) is 42.7 Å². The molecule has 0 radical (unpaired) electrons. The molecule has 15 heavy (non-hydrogen) atoms. The quantitative estimate of drug-likeness (QED) is 0.709. The number of hydrogen-bond acceptors (Lipinski definition) is 2. The first-order chi connectivity index (χ1) is 7.24. The van der Waals surface area contributed by atoms with E-state index in [-0.39, 0.29) is 5.91 Å². The smallest absolute Gasteiger partial charge is 0.216 e. The van der Waals surface area contributed by atoms with Gasteiger partial charge in [0.25, 0.3) is 0 Å². The molecule has 1 heterocycles. The lowest BCUT2D eigenvalue weighted by atomic mass is 10.2. The second-order valence-corrected chi connectivity index (χ2v) is 3.03. The van der Waals surface area contributed by atoms with Crippen LogP contribution in [0.15, 0.2) is 42.7 Å². The van der Waals surface area contributed by atoms with E-state index in [9.17, 15) is 4.79 Å². The van der Waals surface area contributed by atoms with E-state index in [0.29, 0.717) is 0 Å². The molecule has 0 bridgehead atoms. The number of nitrogens with zero attached hydrogens (tertiary/aromatic N) is 1. The number of hydrogen-bond donors (Lipinski definition) is 1. The summed E-state index contributed by atoms with van der Waals surface area (Å²) in [5.41, 5.74) is 0. The highest BCUT2D eigenvalue weighted by Gasteiger charge is 1.86. The second-order valence-electron chi connectivity index (χ2n) is 3.03. The molecule has 1 aromatic heterocycles. The van der Waals surface area contributed by atoms with Crippen molar-refractivity contribution in [1.82, 2.24) is 10.3 Å². The van der Waals surface area contributed by atoms with Gasteiger partial charge in [-0.3, -0.25) is 9.78 Å². The third-order valence-electron chi connectivity index (χ3n) is 1.90. The zero-order chi connectivity index (χ0) is 11.1. The van der Waals surface area contributed by atoms with Gasteiger partial charge in [-0.2, -0.15) is 0 Å². The van der Waals surface area contributed by atoms with E-state index in [1.54, 1.807) is 7.05 Å². The molecule has 2 aromatic rings. The Kier molecular flexibility index (Phi) is 4.29. The largest absolute Gasteiger partial charge is 0.359 e. The number of carbonyl (C=O) groups excluding carboxylic acids is 1. The van der Waals surface area contributed by atoms with E-state index in [1.165, 1.54) is 17.7 Å². The lowest BCUT2D eigenvalue weighted by molar-refractivity contribution is -0.118. The summed E-state index contributed by atoms with van der Waals surface area (Å²) >= 11 is 0. The average Bonchev–Trinajstić information content (AvgIpc) is 2.30. The summed E-state index contributed by atoms with van der Waals surface area (Å²) < 4.78 is 0. The first-order valence-corrected chi connectivity index (χ1v) is 4.71. The zero-order valence-corrected chi connectivity index (χ0v) is 8.90. The number of carbonyl (C=O) groups is 1. The first kappa shape index (κ1) is 11.2. The molecule has 0 unspecified atom stereocenters. The van der Waals surface area contributed by atoms with Crippen molar-refractivity contribution in [2.45, 2.75) is 6.92 Å². The monoisotopic (exact) mass is 202 g/mol. The number of benzene rings is 1. The van der Waals surface area contributed by atoms with Crippen LogP contribution in [0.25, 0.3) is 10.8 Å². The Balaban J connectivity index is 0.000000195. The fraction of sp³-hybridized carbons (Fsp3) is 0.167. The fourth-order valence-corrected chi connectivity index (χ4v) is 1.03. The molecule has 3 nitrogen and oxygen atoms in total. The van der Waals surface area contributed by atoms with Crippen molar-refractivity contribution in [3.8, 4) is 0 Å². The molecule has 0 aliphatic heterocycles. The van der Waals surface area contributed by atoms with Crippen LogP contribution in [-0.4, -0.2) is 17.9 Å². The van der Waals surface area contributed by atoms with E-state index in [4.69, 9.17) is 0 Å². The van der Waals surface area contributed by atoms with Gasteiger partial charge in [0.15, 0.2) is 0 Å². The summed E-state index contributed by atoms with van der Waals surface area (Å²) in [7, 11) is 1.60. The average molecular weight is 202 g/mol. The molecule has 0 saturated carbocycles. The molecule has 0 aliphatic rings. The minimum atomic E-state index is 0.00463. The van der Waals surface area contributed by atoms with Gasteiger partial charge < -0.3 is 5.32 Å². The topological polar surface area (TPSA) is 42.0 Å². The minimum Gasteiger partial charge on any atom is -0.359 e. The summed E-state index contributed by atoms with van der Waals surface area (Å²) in [6.45, 7) is 1.47. The molecule has 0 spiro atoms. The molecule has 2 rings (SSSR count). The van der Waals surface area contributed by atoms with E-state index >= 15 is 0 Å². The van der Waals surface area contributed by atoms with Crippen LogP contribution >= 0.6 is 0 Å². The summed E-state index contributed by atoms with van der Waals surface area (Å²) in [4.78, 5) is 13.7. The lowest BCUT2D eigenvalue weighted by Gasteiger charge is -1.91. The highest BCUT2D eigenvalue weighted by Crippen LogP contribution is 2.09. The number of rotatable bonds is 0. The van der Waals surface area contributed by atoms with Gasteiger partial charge in [-0.05, 0) is 16.8 Å². The number of pyridine rings is 1. The van der Waals surface area contributed by atoms with Crippen LogP contribution in [0.5, 0.6) is 0 Å². The molecule has 3 heteroatoms. The summed E-state index contributed by atoms with van der Waals surface area (Å²) in [6, 6.07) is 10.2. The summed E-state index contributed by atoms with van der Waals surface area (Å²) in [5, 5.41) is 4.84. The van der Waals surface area contributed by atoms with Gasteiger partial charge in [0.05, 0.1) is 0 Å². The van der Waals surface area contributed by atoms with Crippen molar-refractivity contribution in [1.29, 1.82) is 0 Å². The molecule has 0 fully saturated rings. The fourth-order valence-electron chi connectivity index (χ4n) is 1.03. The van der Waals surface area contributed by atoms with E-state index in [1.807, 2.05) is 30.6 Å². The van der Waals surface area contributed by atoms with E-state index in [2.05, 4.69) is 22.4 Å². The third kappa shape index (κ3) is 3.77. The Hall–Kier alpha value is -1.90. The Labute approximate surface area is 89.1 Å². The van der Waals surface area contributed by atoms with Crippen LogP contribution in [0.2, 0.25) is 0 Å². The Morgan fingerprint density at radius 3 is 2.33 bits per heavy atom. The predicted molar refractivity (Wildman–Crippen MR) is 61.5 cm³/mol. The third-order valence-corrected chi connectivity index (χ3v) is 1.90. The van der Waals surface area contributed by atoms with Gasteiger partial charge in [0.1, 0.15) is 0 Å². The van der Waals surface area contributed by atoms with Crippen LogP contribution in [0, 0.1) is 0 Å². The van der Waals surface area contributed by atoms with Crippen molar-refractivity contribution in [3.63, 3.8) is 0 Å². The molecule has 0 saturated heterocycles. The molecule has 1 amide bonds. The maximum Gasteiger partial charge on any atom is 0.216 e. The van der Waals surface area contributed by atoms with Gasteiger partial charge in [-0.25, -0.2) is 0 Å². The maximum atomic E-state index is 9.70. The standard InChI is InChI=1S/C9H7N.C3H7NO/c1-2-4-9-7-10-6-5-8(9)3-1;1-3(5)4-2/h1-7H;1-2H3,(H,4,5). The van der Waals surface area contributed by atoms with Gasteiger partial charge in [-0.1, -0.05) is 24.3 Å². The highest BCUT2D eigenvalue weighted by atomic mass is 16.1. The van der Waals surface area contributed by atoms with Crippen LogP contribution in [0.4, 0.5) is 0 Å². The zero-order valence-electron chi connectivity index (χ0n) is 8.90. The minimum absolute atomic E-state index is 0.00463. The molecular weight excluding hydrogens is 188 g/mol. The van der Waals surface area contributed by atoms with Crippen LogP contribution in [0.1, 0.15) is 6.92 Å². The SMILES string of the molecule is CNC(C)=O.c1ccc2cnccc2c1. The number of aromatic nitrogens is 1. The maximum absolute atomic E-state index is 9.70. The lowest BCUT2D eigenvalue weighted by Crippen LogP contribution is -2.11. The summed E-state index contributed by atoms with van der Waals surface area (Å²) in [5.74, 6) is 0.00463. The number of amides is 1. The van der Waals surface area contributed by atoms with Crippen LogP contribution in [-0.2, 0) is 4.79 Å². The summed E-state index contributed by atoms with van der Waals surface area (Å²) in [6.07, 6.45) is 3.68. The van der Waals surface area contributed by atoms with Gasteiger partial charge in [0.2, 0.25) is 5.91 Å². The Morgan fingerprint density at radius 1 is 1.20 bits per heavy atom. The van der Waals surface area contributed by atoms with E-state index < -0.39 is 0 Å². The first-order valence-electron chi connectivity index (χ1n) is 4.71. The number of fused-ring (bicyclic) bond motifs is 1. The van der Waals surface area contributed by atoms with Crippen molar-refractivity contribution in [2.75, 3.05) is 7.05 Å². The Morgan fingerprint density at radius 2 is 1.80 bits per heavy atom. The molecular formula is C12H14N2O. The molecule has 1 N–H and O–H groups in total. The highest BCUT2D eigenvalue weighted by molar-refractivity contribution is 5.80. The molecule has 78 valence electrons. The molecule has 0 aliphatic carbocycles.